The van der Waals surface area contributed by atoms with Gasteiger partial charge in [-0.2, -0.15) is 0 Å². The number of rotatable bonds is 6. The lowest BCUT2D eigenvalue weighted by Crippen LogP contribution is -2.48. The molecule has 2 aromatic carbocycles. The first-order chi connectivity index (χ1) is 14.1. The molecule has 1 aliphatic heterocycles. The van der Waals surface area contributed by atoms with E-state index in [4.69, 9.17) is 4.98 Å². The van der Waals surface area contributed by atoms with Crippen LogP contribution >= 0.6 is 11.3 Å². The highest BCUT2D eigenvalue weighted by Crippen LogP contribution is 2.31. The molecule has 2 heterocycles. The van der Waals surface area contributed by atoms with Gasteiger partial charge in [0.2, 0.25) is 5.91 Å². The molecule has 1 aromatic heterocycles. The number of fused-ring (bicyclic) bond motifs is 1. The summed E-state index contributed by atoms with van der Waals surface area (Å²) in [4.78, 5) is 21.9. The third-order valence-electron chi connectivity index (χ3n) is 5.33. The van der Waals surface area contributed by atoms with Crippen molar-refractivity contribution in [1.82, 2.24) is 14.8 Å². The van der Waals surface area contributed by atoms with Crippen LogP contribution in [-0.2, 0) is 4.79 Å². The van der Waals surface area contributed by atoms with Crippen molar-refractivity contribution in [3.8, 4) is 10.6 Å². The van der Waals surface area contributed by atoms with Crippen molar-refractivity contribution in [1.29, 1.82) is 0 Å². The second-order valence-corrected chi connectivity index (χ2v) is 8.76. The lowest BCUT2D eigenvalue weighted by molar-refractivity contribution is -0.117. The summed E-state index contributed by atoms with van der Waals surface area (Å²) in [6.07, 6.45) is 1.19. The molecule has 5 nitrogen and oxygen atoms in total. The maximum atomic E-state index is 12.4. The summed E-state index contributed by atoms with van der Waals surface area (Å²) in [6, 6.07) is 14.3. The van der Waals surface area contributed by atoms with Crippen LogP contribution in [0.15, 0.2) is 42.5 Å². The fraction of sp³-hybridized carbons (Fsp3) is 0.391. The van der Waals surface area contributed by atoms with Gasteiger partial charge in [-0.25, -0.2) is 4.98 Å². The summed E-state index contributed by atoms with van der Waals surface area (Å²) in [6.45, 7) is 9.95. The van der Waals surface area contributed by atoms with Crippen LogP contribution in [0.5, 0.6) is 0 Å². The van der Waals surface area contributed by atoms with Crippen molar-refractivity contribution in [2.75, 3.05) is 44.6 Å². The van der Waals surface area contributed by atoms with E-state index in [0.717, 1.165) is 54.5 Å². The number of benzene rings is 2. The Balaban J connectivity index is 1.33. The normalized spacial score (nSPS) is 15.7. The molecular weight excluding hydrogens is 380 g/mol. The van der Waals surface area contributed by atoms with Crippen LogP contribution < -0.4 is 5.32 Å². The van der Waals surface area contributed by atoms with E-state index in [9.17, 15) is 4.79 Å². The zero-order valence-electron chi connectivity index (χ0n) is 17.1. The van der Waals surface area contributed by atoms with Crippen molar-refractivity contribution in [2.45, 2.75) is 20.3 Å². The third-order valence-corrected chi connectivity index (χ3v) is 6.40. The standard InChI is InChI=1S/C23H28N4OS/c1-3-10-26-11-13-27(14-12-26)16-22(28)24-19-7-5-18(6-8-19)23-25-20-9-4-17(2)15-21(20)29-23/h4-9,15H,3,10-14,16H2,1-2H3,(H,24,28). The van der Waals surface area contributed by atoms with Crippen molar-refractivity contribution in [2.24, 2.45) is 0 Å². The molecule has 1 N–H and O–H groups in total. The van der Waals surface area contributed by atoms with Crippen molar-refractivity contribution >= 4 is 33.1 Å². The van der Waals surface area contributed by atoms with Crippen molar-refractivity contribution < 1.29 is 4.79 Å². The number of thiazole rings is 1. The van der Waals surface area contributed by atoms with Gasteiger partial charge in [0.15, 0.2) is 0 Å². The van der Waals surface area contributed by atoms with E-state index in [1.807, 2.05) is 24.3 Å². The minimum atomic E-state index is 0.0529. The molecule has 1 saturated heterocycles. The van der Waals surface area contributed by atoms with Gasteiger partial charge in [-0.3, -0.25) is 9.69 Å². The minimum absolute atomic E-state index is 0.0529. The Labute approximate surface area is 176 Å². The number of carbonyl (C=O) groups excluding carboxylic acids is 1. The number of anilines is 1. The van der Waals surface area contributed by atoms with Crippen LogP contribution in [0.3, 0.4) is 0 Å². The average Bonchev–Trinajstić information content (AvgIpc) is 3.13. The van der Waals surface area contributed by atoms with Gasteiger partial charge in [0.05, 0.1) is 16.8 Å². The molecule has 3 aromatic rings. The van der Waals surface area contributed by atoms with Crippen molar-refractivity contribution in [3.63, 3.8) is 0 Å². The predicted molar refractivity (Wildman–Crippen MR) is 122 cm³/mol. The molecule has 1 amide bonds. The van der Waals surface area contributed by atoms with Crippen molar-refractivity contribution in [3.05, 3.63) is 48.0 Å². The molecule has 4 rings (SSSR count). The van der Waals surface area contributed by atoms with E-state index < -0.39 is 0 Å². The van der Waals surface area contributed by atoms with E-state index in [-0.39, 0.29) is 5.91 Å². The molecule has 152 valence electrons. The summed E-state index contributed by atoms with van der Waals surface area (Å²) in [5, 5.41) is 4.03. The fourth-order valence-electron chi connectivity index (χ4n) is 3.74. The van der Waals surface area contributed by atoms with Gasteiger partial charge in [0, 0.05) is 37.4 Å². The zero-order chi connectivity index (χ0) is 20.2. The van der Waals surface area contributed by atoms with Gasteiger partial charge in [0.1, 0.15) is 5.01 Å². The van der Waals surface area contributed by atoms with Gasteiger partial charge in [-0.15, -0.1) is 11.3 Å². The first-order valence-electron chi connectivity index (χ1n) is 10.3. The Morgan fingerprint density at radius 2 is 1.79 bits per heavy atom. The summed E-state index contributed by atoms with van der Waals surface area (Å²) in [7, 11) is 0. The van der Waals surface area contributed by atoms with E-state index >= 15 is 0 Å². The van der Waals surface area contributed by atoms with E-state index in [0.29, 0.717) is 6.54 Å². The zero-order valence-corrected chi connectivity index (χ0v) is 18.0. The largest absolute Gasteiger partial charge is 0.325 e. The fourth-order valence-corrected chi connectivity index (χ4v) is 4.81. The highest BCUT2D eigenvalue weighted by atomic mass is 32.1. The maximum absolute atomic E-state index is 12.4. The lowest BCUT2D eigenvalue weighted by atomic mass is 10.2. The van der Waals surface area contributed by atoms with Crippen LogP contribution in [0.25, 0.3) is 20.8 Å². The highest BCUT2D eigenvalue weighted by molar-refractivity contribution is 7.21. The first-order valence-corrected chi connectivity index (χ1v) is 11.1. The number of nitrogens with one attached hydrogen (secondary N) is 1. The number of piperazine rings is 1. The molecule has 0 bridgehead atoms. The Hall–Kier alpha value is -2.28. The highest BCUT2D eigenvalue weighted by Gasteiger charge is 2.18. The molecule has 0 unspecified atom stereocenters. The molecular formula is C23H28N4OS. The Morgan fingerprint density at radius 3 is 2.52 bits per heavy atom. The number of carbonyl (C=O) groups is 1. The summed E-state index contributed by atoms with van der Waals surface area (Å²) < 4.78 is 1.21. The number of hydrogen-bond acceptors (Lipinski definition) is 5. The van der Waals surface area contributed by atoms with Crippen LogP contribution in [0.4, 0.5) is 5.69 Å². The second-order valence-electron chi connectivity index (χ2n) is 7.73. The Kier molecular flexibility index (Phi) is 6.23. The van der Waals surface area contributed by atoms with Gasteiger partial charge in [0.25, 0.3) is 0 Å². The number of hydrogen-bond donors (Lipinski definition) is 1. The molecule has 0 radical (unpaired) electrons. The van der Waals surface area contributed by atoms with E-state index in [1.54, 1.807) is 11.3 Å². The molecule has 0 saturated carbocycles. The minimum Gasteiger partial charge on any atom is -0.325 e. The van der Waals surface area contributed by atoms with Gasteiger partial charge in [-0.1, -0.05) is 13.0 Å². The number of amides is 1. The van der Waals surface area contributed by atoms with Crippen LogP contribution in [0, 0.1) is 6.92 Å². The third kappa shape index (κ3) is 5.01. The van der Waals surface area contributed by atoms with E-state index in [1.165, 1.54) is 16.7 Å². The van der Waals surface area contributed by atoms with Crippen LogP contribution in [0.2, 0.25) is 0 Å². The molecule has 0 spiro atoms. The molecule has 29 heavy (non-hydrogen) atoms. The molecule has 1 fully saturated rings. The quantitative estimate of drug-likeness (QED) is 0.663. The maximum Gasteiger partial charge on any atom is 0.238 e. The molecule has 0 aliphatic carbocycles. The van der Waals surface area contributed by atoms with Gasteiger partial charge in [-0.05, 0) is 61.9 Å². The van der Waals surface area contributed by atoms with Crippen LogP contribution in [0.1, 0.15) is 18.9 Å². The average molecular weight is 409 g/mol. The number of nitrogens with zero attached hydrogens (tertiary/aromatic N) is 3. The van der Waals surface area contributed by atoms with E-state index in [2.05, 4.69) is 47.2 Å². The number of aromatic nitrogens is 1. The summed E-state index contributed by atoms with van der Waals surface area (Å²) in [5.41, 5.74) is 4.19. The first kappa shape index (κ1) is 20.0. The Bertz CT molecular complexity index is 974. The molecule has 1 aliphatic rings. The molecule has 0 atom stereocenters. The SMILES string of the molecule is CCCN1CCN(CC(=O)Nc2ccc(-c3nc4ccc(C)cc4s3)cc2)CC1. The number of aryl methyl sites for hydroxylation is 1. The monoisotopic (exact) mass is 408 g/mol. The Morgan fingerprint density at radius 1 is 1.07 bits per heavy atom. The molecule has 6 heteroatoms. The second kappa shape index (κ2) is 9.03. The van der Waals surface area contributed by atoms with Gasteiger partial charge < -0.3 is 10.2 Å². The predicted octanol–water partition coefficient (Wildman–Crippen LogP) is 4.24. The summed E-state index contributed by atoms with van der Waals surface area (Å²) >= 11 is 1.70. The van der Waals surface area contributed by atoms with Crippen LogP contribution in [-0.4, -0.2) is 60.0 Å². The smallest absolute Gasteiger partial charge is 0.238 e. The topological polar surface area (TPSA) is 48.5 Å². The lowest BCUT2D eigenvalue weighted by Gasteiger charge is -2.34. The van der Waals surface area contributed by atoms with Gasteiger partial charge >= 0.3 is 0 Å². The summed E-state index contributed by atoms with van der Waals surface area (Å²) in [5.74, 6) is 0.0529.